The number of benzene rings is 2. The SMILES string of the molecule is CCc1ccc(Nc2cc(C)ncn2)cc1Nc1ccc(-c2cccc([N+](=O)[O-])c2)nn1. The number of nitro benzene ring substituents is 1. The number of hydrogen-bond acceptors (Lipinski definition) is 8. The van der Waals surface area contributed by atoms with E-state index < -0.39 is 4.92 Å². The summed E-state index contributed by atoms with van der Waals surface area (Å²) in [6.45, 7) is 3.99. The van der Waals surface area contributed by atoms with Crippen LogP contribution in [-0.4, -0.2) is 25.1 Å². The molecule has 160 valence electrons. The molecule has 9 heteroatoms. The Morgan fingerprint density at radius 1 is 0.938 bits per heavy atom. The summed E-state index contributed by atoms with van der Waals surface area (Å²) in [6.07, 6.45) is 2.37. The second-order valence-electron chi connectivity index (χ2n) is 7.13. The minimum Gasteiger partial charge on any atom is -0.340 e. The van der Waals surface area contributed by atoms with Crippen molar-refractivity contribution in [1.29, 1.82) is 0 Å². The minimum atomic E-state index is -0.428. The first kappa shape index (κ1) is 20.9. The van der Waals surface area contributed by atoms with Gasteiger partial charge in [0.2, 0.25) is 0 Å². The van der Waals surface area contributed by atoms with Crippen LogP contribution < -0.4 is 10.6 Å². The zero-order valence-corrected chi connectivity index (χ0v) is 17.6. The highest BCUT2D eigenvalue weighted by atomic mass is 16.6. The number of nitrogens with one attached hydrogen (secondary N) is 2. The first-order chi connectivity index (χ1) is 15.5. The number of aromatic nitrogens is 4. The Hall–Kier alpha value is -4.40. The molecule has 2 aromatic carbocycles. The highest BCUT2D eigenvalue weighted by Crippen LogP contribution is 2.27. The van der Waals surface area contributed by atoms with Gasteiger partial charge in [-0.05, 0) is 43.2 Å². The fourth-order valence-electron chi connectivity index (χ4n) is 3.22. The monoisotopic (exact) mass is 427 g/mol. The number of rotatable bonds is 7. The lowest BCUT2D eigenvalue weighted by molar-refractivity contribution is -0.384. The molecule has 0 amide bonds. The molecule has 32 heavy (non-hydrogen) atoms. The number of nitrogens with zero attached hydrogens (tertiary/aromatic N) is 5. The van der Waals surface area contributed by atoms with Gasteiger partial charge in [0.15, 0.2) is 5.82 Å². The Balaban J connectivity index is 1.55. The van der Waals surface area contributed by atoms with Gasteiger partial charge in [-0.3, -0.25) is 10.1 Å². The normalized spacial score (nSPS) is 10.6. The molecule has 0 aliphatic heterocycles. The van der Waals surface area contributed by atoms with Crippen molar-refractivity contribution in [3.8, 4) is 11.3 Å². The Labute approximate surface area is 184 Å². The molecule has 4 aromatic rings. The molecule has 4 rings (SSSR count). The topological polar surface area (TPSA) is 119 Å². The van der Waals surface area contributed by atoms with E-state index >= 15 is 0 Å². The predicted octanol–water partition coefficient (Wildman–Crippen LogP) is 5.20. The number of anilines is 4. The highest BCUT2D eigenvalue weighted by Gasteiger charge is 2.10. The van der Waals surface area contributed by atoms with Crippen LogP contribution >= 0.6 is 0 Å². The van der Waals surface area contributed by atoms with Gasteiger partial charge < -0.3 is 10.6 Å². The summed E-state index contributed by atoms with van der Waals surface area (Å²) in [5.41, 5.74) is 5.00. The van der Waals surface area contributed by atoms with Crippen molar-refractivity contribution in [3.63, 3.8) is 0 Å². The van der Waals surface area contributed by atoms with Gasteiger partial charge in [0, 0.05) is 40.8 Å². The van der Waals surface area contributed by atoms with Crippen LogP contribution in [-0.2, 0) is 6.42 Å². The van der Waals surface area contributed by atoms with Crippen LogP contribution in [0.3, 0.4) is 0 Å². The first-order valence-electron chi connectivity index (χ1n) is 10.1. The molecule has 2 N–H and O–H groups in total. The summed E-state index contributed by atoms with van der Waals surface area (Å²) in [4.78, 5) is 18.9. The lowest BCUT2D eigenvalue weighted by Gasteiger charge is -2.13. The van der Waals surface area contributed by atoms with E-state index in [1.807, 2.05) is 31.2 Å². The van der Waals surface area contributed by atoms with Gasteiger partial charge in [-0.2, -0.15) is 0 Å². The van der Waals surface area contributed by atoms with Gasteiger partial charge in [0.05, 0.1) is 10.6 Å². The quantitative estimate of drug-likeness (QED) is 0.305. The third-order valence-electron chi connectivity index (χ3n) is 4.85. The minimum absolute atomic E-state index is 0.0160. The van der Waals surface area contributed by atoms with Crippen molar-refractivity contribution in [2.24, 2.45) is 0 Å². The third kappa shape index (κ3) is 4.84. The largest absolute Gasteiger partial charge is 0.340 e. The Kier molecular flexibility index (Phi) is 5.98. The van der Waals surface area contributed by atoms with Crippen molar-refractivity contribution in [3.05, 3.63) is 88.4 Å². The third-order valence-corrected chi connectivity index (χ3v) is 4.85. The Morgan fingerprint density at radius 3 is 2.53 bits per heavy atom. The summed E-state index contributed by atoms with van der Waals surface area (Å²) >= 11 is 0. The van der Waals surface area contributed by atoms with Gasteiger partial charge in [0.1, 0.15) is 12.1 Å². The molecule has 2 heterocycles. The fraction of sp³-hybridized carbons (Fsp3) is 0.130. The lowest BCUT2D eigenvalue weighted by Crippen LogP contribution is -2.01. The maximum absolute atomic E-state index is 11.0. The second kappa shape index (κ2) is 9.17. The smallest absolute Gasteiger partial charge is 0.270 e. The number of non-ortho nitro benzene ring substituents is 1. The van der Waals surface area contributed by atoms with Crippen LogP contribution in [0, 0.1) is 17.0 Å². The number of nitro groups is 1. The average Bonchev–Trinajstić information content (AvgIpc) is 2.80. The lowest BCUT2D eigenvalue weighted by atomic mass is 10.1. The van der Waals surface area contributed by atoms with Crippen LogP contribution in [0.15, 0.2) is 67.0 Å². The van der Waals surface area contributed by atoms with E-state index in [1.54, 1.807) is 24.3 Å². The number of hydrogen-bond donors (Lipinski definition) is 2. The highest BCUT2D eigenvalue weighted by molar-refractivity contribution is 5.70. The second-order valence-corrected chi connectivity index (χ2v) is 7.13. The summed E-state index contributed by atoms with van der Waals surface area (Å²) in [5, 5.41) is 26.1. The first-order valence-corrected chi connectivity index (χ1v) is 10.1. The van der Waals surface area contributed by atoms with Crippen molar-refractivity contribution in [2.45, 2.75) is 20.3 Å². The van der Waals surface area contributed by atoms with E-state index in [2.05, 4.69) is 37.7 Å². The maximum atomic E-state index is 11.0. The van der Waals surface area contributed by atoms with Gasteiger partial charge >= 0.3 is 0 Å². The molecule has 0 unspecified atom stereocenters. The molecule has 0 bridgehead atoms. The van der Waals surface area contributed by atoms with Crippen LogP contribution in [0.4, 0.5) is 28.7 Å². The van der Waals surface area contributed by atoms with E-state index in [9.17, 15) is 10.1 Å². The van der Waals surface area contributed by atoms with E-state index in [0.29, 0.717) is 22.9 Å². The zero-order valence-electron chi connectivity index (χ0n) is 17.6. The molecule has 0 spiro atoms. The van der Waals surface area contributed by atoms with Crippen molar-refractivity contribution in [2.75, 3.05) is 10.6 Å². The molecule has 0 aliphatic rings. The molecule has 2 aromatic heterocycles. The van der Waals surface area contributed by atoms with E-state index in [-0.39, 0.29) is 5.69 Å². The molecule has 0 aliphatic carbocycles. The number of aryl methyl sites for hydroxylation is 2. The molecule has 0 fully saturated rings. The van der Waals surface area contributed by atoms with Gasteiger partial charge in [0.25, 0.3) is 5.69 Å². The molecule has 0 saturated heterocycles. The zero-order chi connectivity index (χ0) is 22.5. The van der Waals surface area contributed by atoms with Crippen LogP contribution in [0.25, 0.3) is 11.3 Å². The predicted molar refractivity (Wildman–Crippen MR) is 123 cm³/mol. The van der Waals surface area contributed by atoms with Crippen LogP contribution in [0.5, 0.6) is 0 Å². The fourth-order valence-corrected chi connectivity index (χ4v) is 3.22. The van der Waals surface area contributed by atoms with E-state index in [4.69, 9.17) is 0 Å². The van der Waals surface area contributed by atoms with E-state index in [1.165, 1.54) is 18.5 Å². The van der Waals surface area contributed by atoms with E-state index in [0.717, 1.165) is 29.1 Å². The standard InChI is InChI=1S/C23H21N7O2/c1-3-16-7-8-18(26-23-11-15(2)24-14-25-23)13-21(16)27-22-10-9-20(28-29-22)17-5-4-6-19(12-17)30(31)32/h4-14H,3H2,1-2H3,(H,27,29)(H,24,25,26). The van der Waals surface area contributed by atoms with Crippen molar-refractivity contribution >= 4 is 28.7 Å². The van der Waals surface area contributed by atoms with Crippen LogP contribution in [0.2, 0.25) is 0 Å². The summed E-state index contributed by atoms with van der Waals surface area (Å²) < 4.78 is 0. The van der Waals surface area contributed by atoms with Gasteiger partial charge in [-0.1, -0.05) is 25.1 Å². The average molecular weight is 427 g/mol. The summed E-state index contributed by atoms with van der Waals surface area (Å²) in [5.74, 6) is 1.29. The van der Waals surface area contributed by atoms with Gasteiger partial charge in [-0.25, -0.2) is 9.97 Å². The maximum Gasteiger partial charge on any atom is 0.270 e. The van der Waals surface area contributed by atoms with Crippen molar-refractivity contribution < 1.29 is 4.92 Å². The summed E-state index contributed by atoms with van der Waals surface area (Å²) in [6, 6.07) is 17.8. The molecule has 0 radical (unpaired) electrons. The van der Waals surface area contributed by atoms with Gasteiger partial charge in [-0.15, -0.1) is 10.2 Å². The Morgan fingerprint density at radius 2 is 1.81 bits per heavy atom. The molecule has 0 atom stereocenters. The molecule has 9 nitrogen and oxygen atoms in total. The molecule has 0 saturated carbocycles. The Bertz CT molecular complexity index is 1260. The molecular weight excluding hydrogens is 406 g/mol. The molecular formula is C23H21N7O2. The van der Waals surface area contributed by atoms with Crippen molar-refractivity contribution in [1.82, 2.24) is 20.2 Å². The van der Waals surface area contributed by atoms with Crippen LogP contribution in [0.1, 0.15) is 18.2 Å². The summed E-state index contributed by atoms with van der Waals surface area (Å²) in [7, 11) is 0.